The molecule has 0 saturated carbocycles. The standard InChI is InChI=1S/C15H11N3O4S/c19-12-7-9(5-6-11(12)18(21)22)15(20)16-8-14-17-10-3-1-2-4-13(10)23-14/h1-7,19H,8H2,(H,16,20). The molecule has 0 unspecified atom stereocenters. The van der Waals surface area contributed by atoms with Gasteiger partial charge in [0.25, 0.3) is 5.91 Å². The fourth-order valence-corrected chi connectivity index (χ4v) is 2.98. The number of fused-ring (bicyclic) bond motifs is 1. The smallest absolute Gasteiger partial charge is 0.310 e. The molecule has 3 aromatic rings. The molecule has 0 saturated heterocycles. The molecule has 2 N–H and O–H groups in total. The molecule has 23 heavy (non-hydrogen) atoms. The number of hydrogen-bond acceptors (Lipinski definition) is 6. The van der Waals surface area contributed by atoms with Crippen LogP contribution in [0.25, 0.3) is 10.2 Å². The number of aromatic nitrogens is 1. The van der Waals surface area contributed by atoms with Gasteiger partial charge in [-0.1, -0.05) is 12.1 Å². The van der Waals surface area contributed by atoms with Gasteiger partial charge in [-0.25, -0.2) is 4.98 Å². The van der Waals surface area contributed by atoms with Gasteiger partial charge in [-0.15, -0.1) is 11.3 Å². The highest BCUT2D eigenvalue weighted by molar-refractivity contribution is 7.18. The lowest BCUT2D eigenvalue weighted by atomic mass is 10.2. The lowest BCUT2D eigenvalue weighted by Gasteiger charge is -2.04. The van der Waals surface area contributed by atoms with E-state index >= 15 is 0 Å². The third-order valence-corrected chi connectivity index (χ3v) is 4.21. The van der Waals surface area contributed by atoms with Crippen molar-refractivity contribution in [1.82, 2.24) is 10.3 Å². The number of benzene rings is 2. The van der Waals surface area contributed by atoms with E-state index in [1.165, 1.54) is 17.4 Å². The minimum absolute atomic E-state index is 0.147. The van der Waals surface area contributed by atoms with Crippen LogP contribution in [0.3, 0.4) is 0 Å². The van der Waals surface area contributed by atoms with E-state index in [4.69, 9.17) is 0 Å². The number of nitro benzene ring substituents is 1. The van der Waals surface area contributed by atoms with Crippen LogP contribution < -0.4 is 5.32 Å². The monoisotopic (exact) mass is 329 g/mol. The van der Waals surface area contributed by atoms with E-state index in [0.717, 1.165) is 27.4 Å². The predicted molar refractivity (Wildman–Crippen MR) is 85.6 cm³/mol. The Morgan fingerprint density at radius 2 is 2.09 bits per heavy atom. The van der Waals surface area contributed by atoms with Crippen molar-refractivity contribution in [2.45, 2.75) is 6.54 Å². The van der Waals surface area contributed by atoms with E-state index in [1.54, 1.807) is 0 Å². The number of nitrogens with zero attached hydrogens (tertiary/aromatic N) is 2. The number of amides is 1. The van der Waals surface area contributed by atoms with Crippen LogP contribution in [0.1, 0.15) is 15.4 Å². The molecule has 3 rings (SSSR count). The molecule has 0 aliphatic heterocycles. The molecular formula is C15H11N3O4S. The lowest BCUT2D eigenvalue weighted by Crippen LogP contribution is -2.22. The third kappa shape index (κ3) is 3.11. The van der Waals surface area contributed by atoms with Crippen LogP contribution in [0, 0.1) is 10.1 Å². The van der Waals surface area contributed by atoms with E-state index < -0.39 is 22.3 Å². The van der Waals surface area contributed by atoms with Crippen molar-refractivity contribution in [2.24, 2.45) is 0 Å². The molecule has 0 aliphatic carbocycles. The van der Waals surface area contributed by atoms with Gasteiger partial charge in [0.05, 0.1) is 21.7 Å². The maximum Gasteiger partial charge on any atom is 0.310 e. The first-order valence-corrected chi connectivity index (χ1v) is 7.46. The fraction of sp³-hybridized carbons (Fsp3) is 0.0667. The zero-order chi connectivity index (χ0) is 16.4. The van der Waals surface area contributed by atoms with Crippen LogP contribution in [-0.2, 0) is 6.54 Å². The van der Waals surface area contributed by atoms with Crippen molar-refractivity contribution < 1.29 is 14.8 Å². The molecule has 0 aliphatic rings. The van der Waals surface area contributed by atoms with Gasteiger partial charge < -0.3 is 10.4 Å². The Hall–Kier alpha value is -3.00. The van der Waals surface area contributed by atoms with Crippen molar-refractivity contribution in [3.05, 3.63) is 63.1 Å². The van der Waals surface area contributed by atoms with Crippen LogP contribution in [0.5, 0.6) is 5.75 Å². The van der Waals surface area contributed by atoms with Gasteiger partial charge in [-0.2, -0.15) is 0 Å². The van der Waals surface area contributed by atoms with Gasteiger partial charge in [-0.3, -0.25) is 14.9 Å². The molecular weight excluding hydrogens is 318 g/mol. The van der Waals surface area contributed by atoms with Gasteiger partial charge in [0.1, 0.15) is 5.01 Å². The first kappa shape index (κ1) is 14.9. The van der Waals surface area contributed by atoms with Crippen molar-refractivity contribution in [1.29, 1.82) is 0 Å². The Morgan fingerprint density at radius 3 is 2.78 bits per heavy atom. The summed E-state index contributed by atoms with van der Waals surface area (Å²) >= 11 is 1.48. The number of rotatable bonds is 4. The largest absolute Gasteiger partial charge is 0.502 e. The summed E-state index contributed by atoms with van der Waals surface area (Å²) in [7, 11) is 0. The van der Waals surface area contributed by atoms with Crippen LogP contribution in [0.2, 0.25) is 0 Å². The third-order valence-electron chi connectivity index (χ3n) is 3.17. The molecule has 2 aromatic carbocycles. The summed E-state index contributed by atoms with van der Waals surface area (Å²) in [6.45, 7) is 0.246. The maximum atomic E-state index is 12.1. The Kier molecular flexibility index (Phi) is 3.90. The summed E-state index contributed by atoms with van der Waals surface area (Å²) in [5.41, 5.74) is 0.580. The average Bonchev–Trinajstić information content (AvgIpc) is 2.95. The van der Waals surface area contributed by atoms with Crippen LogP contribution in [-0.4, -0.2) is 20.9 Å². The van der Waals surface area contributed by atoms with Gasteiger partial charge in [0.15, 0.2) is 5.75 Å². The zero-order valence-electron chi connectivity index (χ0n) is 11.7. The highest BCUT2D eigenvalue weighted by Gasteiger charge is 2.16. The SMILES string of the molecule is O=C(NCc1nc2ccccc2s1)c1ccc([N+](=O)[O-])c(O)c1. The number of carbonyl (C=O) groups is 1. The molecule has 0 radical (unpaired) electrons. The van der Waals surface area contributed by atoms with Crippen molar-refractivity contribution in [2.75, 3.05) is 0 Å². The number of phenols is 1. The molecule has 8 heteroatoms. The molecule has 1 heterocycles. The Labute approximate surface area is 134 Å². The second-order valence-corrected chi connectivity index (χ2v) is 5.83. The lowest BCUT2D eigenvalue weighted by molar-refractivity contribution is -0.385. The Bertz CT molecular complexity index is 874. The second kappa shape index (κ2) is 6.01. The van der Waals surface area contributed by atoms with Crippen molar-refractivity contribution >= 4 is 33.1 Å². The number of aromatic hydroxyl groups is 1. The molecule has 0 bridgehead atoms. The van der Waals surface area contributed by atoms with Gasteiger partial charge in [0, 0.05) is 11.6 Å². The number of para-hydroxylation sites is 1. The number of nitrogens with one attached hydrogen (secondary N) is 1. The van der Waals surface area contributed by atoms with Gasteiger partial charge >= 0.3 is 5.69 Å². The number of hydrogen-bond donors (Lipinski definition) is 2. The average molecular weight is 329 g/mol. The molecule has 1 amide bonds. The molecule has 1 aromatic heterocycles. The highest BCUT2D eigenvalue weighted by Crippen LogP contribution is 2.26. The minimum atomic E-state index is -0.710. The summed E-state index contributed by atoms with van der Waals surface area (Å²) < 4.78 is 1.03. The first-order chi connectivity index (χ1) is 11.0. The van der Waals surface area contributed by atoms with E-state index in [1.807, 2.05) is 24.3 Å². The highest BCUT2D eigenvalue weighted by atomic mass is 32.1. The normalized spacial score (nSPS) is 10.6. The Balaban J connectivity index is 1.71. The first-order valence-electron chi connectivity index (χ1n) is 6.64. The molecule has 0 spiro atoms. The summed E-state index contributed by atoms with van der Waals surface area (Å²) in [5, 5.41) is 23.6. The molecule has 7 nitrogen and oxygen atoms in total. The summed E-state index contributed by atoms with van der Waals surface area (Å²) in [6.07, 6.45) is 0. The Morgan fingerprint density at radius 1 is 1.30 bits per heavy atom. The number of phenolic OH excluding ortho intramolecular Hbond substituents is 1. The quantitative estimate of drug-likeness (QED) is 0.565. The number of carbonyl (C=O) groups excluding carboxylic acids is 1. The van der Waals surface area contributed by atoms with Crippen molar-refractivity contribution in [3.8, 4) is 5.75 Å². The van der Waals surface area contributed by atoms with E-state index in [2.05, 4.69) is 10.3 Å². The van der Waals surface area contributed by atoms with E-state index in [-0.39, 0.29) is 12.1 Å². The molecule has 0 atom stereocenters. The summed E-state index contributed by atoms with van der Waals surface area (Å²) in [6, 6.07) is 11.1. The van der Waals surface area contributed by atoms with Crippen LogP contribution in [0.15, 0.2) is 42.5 Å². The van der Waals surface area contributed by atoms with Gasteiger partial charge in [-0.05, 0) is 24.3 Å². The summed E-state index contributed by atoms with van der Waals surface area (Å²) in [5.74, 6) is -0.975. The van der Waals surface area contributed by atoms with E-state index in [9.17, 15) is 20.0 Å². The zero-order valence-corrected chi connectivity index (χ0v) is 12.5. The van der Waals surface area contributed by atoms with Gasteiger partial charge in [0.2, 0.25) is 0 Å². The van der Waals surface area contributed by atoms with Crippen molar-refractivity contribution in [3.63, 3.8) is 0 Å². The van der Waals surface area contributed by atoms with E-state index in [0.29, 0.717) is 0 Å². The predicted octanol–water partition coefficient (Wildman–Crippen LogP) is 2.84. The van der Waals surface area contributed by atoms with Crippen LogP contribution in [0.4, 0.5) is 5.69 Å². The van der Waals surface area contributed by atoms with Crippen LogP contribution >= 0.6 is 11.3 Å². The fourth-order valence-electron chi connectivity index (χ4n) is 2.07. The maximum absolute atomic E-state index is 12.1. The minimum Gasteiger partial charge on any atom is -0.502 e. The molecule has 116 valence electrons. The number of nitro groups is 1. The molecule has 0 fully saturated rings. The second-order valence-electron chi connectivity index (χ2n) is 4.72. The number of thiazole rings is 1. The summed E-state index contributed by atoms with van der Waals surface area (Å²) in [4.78, 5) is 26.4. The topological polar surface area (TPSA) is 105 Å².